The Kier molecular flexibility index (Phi) is 11.0. The van der Waals surface area contributed by atoms with Gasteiger partial charge in [-0.1, -0.05) is 63.2 Å². The maximum atomic E-state index is 13.1. The highest BCUT2D eigenvalue weighted by molar-refractivity contribution is 5.89. The highest BCUT2D eigenvalue weighted by Gasteiger charge is 2.31. The fourth-order valence-corrected chi connectivity index (χ4v) is 3.72. The number of benzene rings is 2. The van der Waals surface area contributed by atoms with Crippen LogP contribution in [-0.2, 0) is 27.2 Å². The van der Waals surface area contributed by atoms with Gasteiger partial charge in [0.1, 0.15) is 17.6 Å². The molecule has 0 aromatic heterocycles. The summed E-state index contributed by atoms with van der Waals surface area (Å²) < 4.78 is 41.3. The lowest BCUT2D eigenvalue weighted by Gasteiger charge is -2.26. The average molecular weight is 507 g/mol. The van der Waals surface area contributed by atoms with Crippen LogP contribution in [-0.4, -0.2) is 36.0 Å². The Balaban J connectivity index is 2.06. The first-order valence-corrected chi connectivity index (χ1v) is 12.0. The topological polar surface area (TPSA) is 84.5 Å². The van der Waals surface area contributed by atoms with Crippen molar-refractivity contribution in [2.24, 2.45) is 5.92 Å². The van der Waals surface area contributed by atoms with Crippen LogP contribution in [0.5, 0.6) is 5.75 Å². The number of rotatable bonds is 13. The van der Waals surface area contributed by atoms with E-state index in [0.29, 0.717) is 31.2 Å². The van der Waals surface area contributed by atoms with Crippen molar-refractivity contribution in [2.45, 2.75) is 71.3 Å². The smallest absolute Gasteiger partial charge is 0.406 e. The molecule has 2 amide bonds. The van der Waals surface area contributed by atoms with Crippen molar-refractivity contribution >= 4 is 17.6 Å². The molecular weight excluding hydrogens is 473 g/mol. The lowest BCUT2D eigenvalue weighted by molar-refractivity contribution is -0.274. The third-order valence-corrected chi connectivity index (χ3v) is 5.60. The second-order valence-corrected chi connectivity index (χ2v) is 8.99. The van der Waals surface area contributed by atoms with Crippen molar-refractivity contribution in [2.75, 3.05) is 0 Å². The minimum absolute atomic E-state index is 0.104. The van der Waals surface area contributed by atoms with Crippen LogP contribution in [0.3, 0.4) is 0 Å². The van der Waals surface area contributed by atoms with Gasteiger partial charge in [0, 0.05) is 18.9 Å². The van der Waals surface area contributed by atoms with Crippen LogP contribution in [0.15, 0.2) is 54.6 Å². The SMILES string of the molecule is CCC(=O)CCC(Cc1ccccc1)NC(=O)C(NC(=O)Cc1cccc(OC(F)(F)F)c1)C(C)C. The molecule has 2 rings (SSSR count). The van der Waals surface area contributed by atoms with Crippen LogP contribution in [0.1, 0.15) is 51.2 Å². The minimum Gasteiger partial charge on any atom is -0.406 e. The molecule has 2 aromatic rings. The molecule has 0 aliphatic carbocycles. The monoisotopic (exact) mass is 506 g/mol. The van der Waals surface area contributed by atoms with Gasteiger partial charge in [0.05, 0.1) is 6.42 Å². The first-order valence-electron chi connectivity index (χ1n) is 12.0. The number of hydrogen-bond donors (Lipinski definition) is 2. The Morgan fingerprint density at radius 2 is 1.61 bits per heavy atom. The fourth-order valence-electron chi connectivity index (χ4n) is 3.72. The van der Waals surface area contributed by atoms with Crippen molar-refractivity contribution in [3.8, 4) is 5.75 Å². The van der Waals surface area contributed by atoms with Gasteiger partial charge < -0.3 is 15.4 Å². The molecule has 0 saturated carbocycles. The summed E-state index contributed by atoms with van der Waals surface area (Å²) in [5.41, 5.74) is 1.33. The summed E-state index contributed by atoms with van der Waals surface area (Å²) >= 11 is 0. The van der Waals surface area contributed by atoms with Gasteiger partial charge in [-0.2, -0.15) is 0 Å². The molecule has 196 valence electrons. The van der Waals surface area contributed by atoms with E-state index in [1.807, 2.05) is 30.3 Å². The number of Topliss-reactive ketones (excluding diaryl/α,β-unsaturated/α-hetero) is 1. The first-order chi connectivity index (χ1) is 17.0. The number of amides is 2. The standard InChI is InChI=1S/C27H33F3N2O4/c1-4-22(33)14-13-21(15-19-9-6-5-7-10-19)31-26(35)25(18(2)3)32-24(34)17-20-11-8-12-23(16-20)36-27(28,29)30/h5-12,16,18,21,25H,4,13-15,17H2,1-3H3,(H,31,35)(H,32,34). The summed E-state index contributed by atoms with van der Waals surface area (Å²) in [6.07, 6.45) is -3.29. The molecule has 2 aromatic carbocycles. The van der Waals surface area contributed by atoms with Crippen LogP contribution in [0.4, 0.5) is 13.2 Å². The summed E-state index contributed by atoms with van der Waals surface area (Å²) in [7, 11) is 0. The van der Waals surface area contributed by atoms with E-state index in [4.69, 9.17) is 0 Å². The van der Waals surface area contributed by atoms with Gasteiger partial charge in [0.2, 0.25) is 11.8 Å². The predicted octanol–water partition coefficient (Wildman–Crippen LogP) is 4.76. The van der Waals surface area contributed by atoms with E-state index >= 15 is 0 Å². The molecule has 0 radical (unpaired) electrons. The zero-order valence-corrected chi connectivity index (χ0v) is 20.7. The zero-order valence-electron chi connectivity index (χ0n) is 20.7. The van der Waals surface area contributed by atoms with Crippen LogP contribution in [0.2, 0.25) is 0 Å². The van der Waals surface area contributed by atoms with E-state index in [2.05, 4.69) is 15.4 Å². The summed E-state index contributed by atoms with van der Waals surface area (Å²) in [6.45, 7) is 5.37. The summed E-state index contributed by atoms with van der Waals surface area (Å²) in [6, 6.07) is 13.6. The van der Waals surface area contributed by atoms with Crippen LogP contribution in [0, 0.1) is 5.92 Å². The highest BCUT2D eigenvalue weighted by Crippen LogP contribution is 2.23. The summed E-state index contributed by atoms with van der Waals surface area (Å²) in [5, 5.41) is 5.68. The number of carbonyl (C=O) groups is 3. The lowest BCUT2D eigenvalue weighted by Crippen LogP contribution is -2.52. The summed E-state index contributed by atoms with van der Waals surface area (Å²) in [4.78, 5) is 37.7. The van der Waals surface area contributed by atoms with Gasteiger partial charge in [-0.25, -0.2) is 0 Å². The number of nitrogens with one attached hydrogen (secondary N) is 2. The third kappa shape index (κ3) is 10.5. The lowest BCUT2D eigenvalue weighted by atomic mass is 9.97. The first kappa shape index (κ1) is 28.9. The van der Waals surface area contributed by atoms with Crippen molar-refractivity contribution in [3.05, 3.63) is 65.7 Å². The molecule has 0 heterocycles. The molecule has 2 unspecified atom stereocenters. The molecule has 9 heteroatoms. The summed E-state index contributed by atoms with van der Waals surface area (Å²) in [5.74, 6) is -1.45. The van der Waals surface area contributed by atoms with Gasteiger partial charge in [-0.15, -0.1) is 13.2 Å². The normalized spacial score (nSPS) is 13.1. The van der Waals surface area contributed by atoms with Crippen molar-refractivity contribution in [3.63, 3.8) is 0 Å². The Morgan fingerprint density at radius 1 is 0.944 bits per heavy atom. The molecule has 6 nitrogen and oxygen atoms in total. The molecule has 0 fully saturated rings. The second-order valence-electron chi connectivity index (χ2n) is 8.99. The van der Waals surface area contributed by atoms with Gasteiger partial charge in [0.25, 0.3) is 0 Å². The molecule has 0 spiro atoms. The Labute approximate surface area is 209 Å². The van der Waals surface area contributed by atoms with Crippen molar-refractivity contribution in [1.29, 1.82) is 0 Å². The van der Waals surface area contributed by atoms with Crippen LogP contribution < -0.4 is 15.4 Å². The zero-order chi connectivity index (χ0) is 26.7. The number of hydrogen-bond acceptors (Lipinski definition) is 4. The largest absolute Gasteiger partial charge is 0.573 e. The van der Waals surface area contributed by atoms with Gasteiger partial charge in [-0.05, 0) is 42.0 Å². The maximum Gasteiger partial charge on any atom is 0.573 e. The predicted molar refractivity (Wildman–Crippen MR) is 130 cm³/mol. The van der Waals surface area contributed by atoms with E-state index in [1.165, 1.54) is 12.1 Å². The molecule has 2 N–H and O–H groups in total. The van der Waals surface area contributed by atoms with Gasteiger partial charge in [-0.3, -0.25) is 14.4 Å². The van der Waals surface area contributed by atoms with E-state index in [-0.39, 0.29) is 30.1 Å². The average Bonchev–Trinajstić information content (AvgIpc) is 2.80. The second kappa shape index (κ2) is 13.7. The van der Waals surface area contributed by atoms with Crippen molar-refractivity contribution in [1.82, 2.24) is 10.6 Å². The molecule has 0 aliphatic rings. The quantitative estimate of drug-likeness (QED) is 0.411. The fraction of sp³-hybridized carbons (Fsp3) is 0.444. The Hall–Kier alpha value is -3.36. The van der Waals surface area contributed by atoms with E-state index in [9.17, 15) is 27.6 Å². The minimum atomic E-state index is -4.83. The number of alkyl halides is 3. The molecule has 0 bridgehead atoms. The molecule has 36 heavy (non-hydrogen) atoms. The third-order valence-electron chi connectivity index (χ3n) is 5.60. The van der Waals surface area contributed by atoms with E-state index in [0.717, 1.165) is 17.7 Å². The van der Waals surface area contributed by atoms with Crippen LogP contribution in [0.25, 0.3) is 0 Å². The van der Waals surface area contributed by atoms with Gasteiger partial charge in [0.15, 0.2) is 0 Å². The molecular formula is C27H33F3N2O4. The highest BCUT2D eigenvalue weighted by atomic mass is 19.4. The Bertz CT molecular complexity index is 1010. The van der Waals surface area contributed by atoms with Gasteiger partial charge >= 0.3 is 6.36 Å². The van der Waals surface area contributed by atoms with E-state index in [1.54, 1.807) is 20.8 Å². The van der Waals surface area contributed by atoms with Crippen LogP contribution >= 0.6 is 0 Å². The molecule has 0 aliphatic heterocycles. The number of ketones is 1. The number of carbonyl (C=O) groups excluding carboxylic acids is 3. The number of halogens is 3. The van der Waals surface area contributed by atoms with Crippen molar-refractivity contribution < 1.29 is 32.3 Å². The molecule has 0 saturated heterocycles. The Morgan fingerprint density at radius 3 is 2.22 bits per heavy atom. The maximum absolute atomic E-state index is 13.1. The molecule has 2 atom stereocenters. The number of ether oxygens (including phenoxy) is 1. The van der Waals surface area contributed by atoms with E-state index < -0.39 is 24.1 Å².